The average Bonchev–Trinajstić information content (AvgIpc) is 2.40. The Bertz CT molecular complexity index is 302. The molecule has 1 aliphatic rings. The second-order valence-electron chi connectivity index (χ2n) is 4.98. The third-order valence-electron chi connectivity index (χ3n) is 3.57. The van der Waals surface area contributed by atoms with Gasteiger partial charge in [0.25, 0.3) is 0 Å². The zero-order chi connectivity index (χ0) is 11.9. The molecule has 2 nitrogen and oxygen atoms in total. The third kappa shape index (κ3) is 4.14. The SMILES string of the molecule is CCCN1CCC(NCc2ccccc2)CC1. The van der Waals surface area contributed by atoms with Crippen molar-refractivity contribution < 1.29 is 0 Å². The van der Waals surface area contributed by atoms with Crippen LogP contribution in [0.1, 0.15) is 31.7 Å². The van der Waals surface area contributed by atoms with Crippen molar-refractivity contribution in [2.24, 2.45) is 0 Å². The van der Waals surface area contributed by atoms with Gasteiger partial charge < -0.3 is 10.2 Å². The molecule has 2 rings (SSSR count). The number of nitrogens with zero attached hydrogens (tertiary/aromatic N) is 1. The second kappa shape index (κ2) is 6.77. The summed E-state index contributed by atoms with van der Waals surface area (Å²) in [6.45, 7) is 7.07. The van der Waals surface area contributed by atoms with Gasteiger partial charge in [-0.25, -0.2) is 0 Å². The maximum atomic E-state index is 3.67. The summed E-state index contributed by atoms with van der Waals surface area (Å²) < 4.78 is 0. The molecule has 1 aromatic rings. The molecule has 0 saturated carbocycles. The van der Waals surface area contributed by atoms with Gasteiger partial charge in [0.2, 0.25) is 0 Å². The number of hydrogen-bond acceptors (Lipinski definition) is 2. The van der Waals surface area contributed by atoms with Crippen LogP contribution in [0, 0.1) is 0 Å². The molecular weight excluding hydrogens is 208 g/mol. The van der Waals surface area contributed by atoms with E-state index in [1.165, 1.54) is 44.5 Å². The Morgan fingerprint density at radius 3 is 2.53 bits per heavy atom. The van der Waals surface area contributed by atoms with Crippen molar-refractivity contribution in [1.82, 2.24) is 10.2 Å². The van der Waals surface area contributed by atoms with E-state index in [4.69, 9.17) is 0 Å². The number of likely N-dealkylation sites (tertiary alicyclic amines) is 1. The Kier molecular flexibility index (Phi) is 5.02. The van der Waals surface area contributed by atoms with Crippen molar-refractivity contribution in [3.8, 4) is 0 Å². The van der Waals surface area contributed by atoms with Crippen molar-refractivity contribution in [2.45, 2.75) is 38.8 Å². The summed E-state index contributed by atoms with van der Waals surface area (Å²) in [4.78, 5) is 2.58. The first-order valence-electron chi connectivity index (χ1n) is 6.88. The number of benzene rings is 1. The lowest BCUT2D eigenvalue weighted by Gasteiger charge is -2.32. The first-order valence-corrected chi connectivity index (χ1v) is 6.88. The van der Waals surface area contributed by atoms with E-state index in [2.05, 4.69) is 47.5 Å². The molecule has 0 aliphatic carbocycles. The summed E-state index contributed by atoms with van der Waals surface area (Å²) in [5.74, 6) is 0. The minimum atomic E-state index is 0.711. The first kappa shape index (κ1) is 12.6. The van der Waals surface area contributed by atoms with E-state index >= 15 is 0 Å². The van der Waals surface area contributed by atoms with E-state index in [9.17, 15) is 0 Å². The molecule has 0 radical (unpaired) electrons. The summed E-state index contributed by atoms with van der Waals surface area (Å²) >= 11 is 0. The van der Waals surface area contributed by atoms with E-state index in [1.54, 1.807) is 0 Å². The fourth-order valence-electron chi connectivity index (χ4n) is 2.53. The predicted octanol–water partition coefficient (Wildman–Crippen LogP) is 2.65. The molecule has 1 N–H and O–H groups in total. The summed E-state index contributed by atoms with van der Waals surface area (Å²) in [6.07, 6.45) is 3.88. The van der Waals surface area contributed by atoms with Gasteiger partial charge in [0.1, 0.15) is 0 Å². The number of nitrogens with one attached hydrogen (secondary N) is 1. The number of piperidine rings is 1. The van der Waals surface area contributed by atoms with Crippen LogP contribution in [-0.4, -0.2) is 30.6 Å². The van der Waals surface area contributed by atoms with Crippen LogP contribution in [0.15, 0.2) is 30.3 Å². The number of rotatable bonds is 5. The molecule has 1 aromatic carbocycles. The highest BCUT2D eigenvalue weighted by Gasteiger charge is 2.17. The lowest BCUT2D eigenvalue weighted by atomic mass is 10.0. The molecule has 1 fully saturated rings. The average molecular weight is 232 g/mol. The van der Waals surface area contributed by atoms with Crippen LogP contribution < -0.4 is 5.32 Å². The van der Waals surface area contributed by atoms with E-state index in [-0.39, 0.29) is 0 Å². The molecule has 1 heterocycles. The molecule has 0 aromatic heterocycles. The van der Waals surface area contributed by atoms with Crippen LogP contribution in [0.4, 0.5) is 0 Å². The second-order valence-corrected chi connectivity index (χ2v) is 4.98. The Hall–Kier alpha value is -0.860. The molecule has 0 bridgehead atoms. The fraction of sp³-hybridized carbons (Fsp3) is 0.600. The quantitative estimate of drug-likeness (QED) is 0.839. The van der Waals surface area contributed by atoms with Crippen LogP contribution >= 0.6 is 0 Å². The Labute approximate surface area is 105 Å². The van der Waals surface area contributed by atoms with Crippen molar-refractivity contribution in [2.75, 3.05) is 19.6 Å². The highest BCUT2D eigenvalue weighted by atomic mass is 15.1. The van der Waals surface area contributed by atoms with E-state index in [0.717, 1.165) is 6.54 Å². The van der Waals surface area contributed by atoms with Crippen molar-refractivity contribution in [1.29, 1.82) is 0 Å². The standard InChI is InChI=1S/C15H24N2/c1-2-10-17-11-8-15(9-12-17)16-13-14-6-4-3-5-7-14/h3-7,15-16H,2,8-13H2,1H3. The van der Waals surface area contributed by atoms with E-state index in [1.807, 2.05) is 0 Å². The fourth-order valence-corrected chi connectivity index (χ4v) is 2.53. The van der Waals surface area contributed by atoms with Gasteiger partial charge in [-0.1, -0.05) is 37.3 Å². The maximum absolute atomic E-state index is 3.67. The van der Waals surface area contributed by atoms with Gasteiger partial charge in [0, 0.05) is 12.6 Å². The van der Waals surface area contributed by atoms with Gasteiger partial charge in [-0.15, -0.1) is 0 Å². The van der Waals surface area contributed by atoms with Gasteiger partial charge in [0.15, 0.2) is 0 Å². The Morgan fingerprint density at radius 2 is 1.88 bits per heavy atom. The van der Waals surface area contributed by atoms with Gasteiger partial charge in [-0.3, -0.25) is 0 Å². The predicted molar refractivity (Wildman–Crippen MR) is 73.0 cm³/mol. The van der Waals surface area contributed by atoms with Gasteiger partial charge in [0.05, 0.1) is 0 Å². The molecule has 0 atom stereocenters. The van der Waals surface area contributed by atoms with Crippen molar-refractivity contribution in [3.63, 3.8) is 0 Å². The van der Waals surface area contributed by atoms with Crippen molar-refractivity contribution >= 4 is 0 Å². The first-order chi connectivity index (χ1) is 8.38. The Morgan fingerprint density at radius 1 is 1.18 bits per heavy atom. The Balaban J connectivity index is 1.68. The lowest BCUT2D eigenvalue weighted by Crippen LogP contribution is -2.42. The van der Waals surface area contributed by atoms with Gasteiger partial charge in [-0.2, -0.15) is 0 Å². The molecule has 1 saturated heterocycles. The van der Waals surface area contributed by atoms with Crippen LogP contribution in [0.3, 0.4) is 0 Å². The normalized spacial score (nSPS) is 18.4. The van der Waals surface area contributed by atoms with Crippen LogP contribution in [-0.2, 0) is 6.54 Å². The molecule has 0 unspecified atom stereocenters. The summed E-state index contributed by atoms with van der Waals surface area (Å²) in [7, 11) is 0. The third-order valence-corrected chi connectivity index (χ3v) is 3.57. The topological polar surface area (TPSA) is 15.3 Å². The smallest absolute Gasteiger partial charge is 0.0208 e. The van der Waals surface area contributed by atoms with Crippen LogP contribution in [0.25, 0.3) is 0 Å². The maximum Gasteiger partial charge on any atom is 0.0208 e. The lowest BCUT2D eigenvalue weighted by molar-refractivity contribution is 0.197. The van der Waals surface area contributed by atoms with Crippen molar-refractivity contribution in [3.05, 3.63) is 35.9 Å². The van der Waals surface area contributed by atoms with Gasteiger partial charge in [-0.05, 0) is 44.5 Å². The summed E-state index contributed by atoms with van der Waals surface area (Å²) in [5.41, 5.74) is 1.39. The molecule has 2 heteroatoms. The highest BCUT2D eigenvalue weighted by molar-refractivity contribution is 5.14. The summed E-state index contributed by atoms with van der Waals surface area (Å²) in [5, 5.41) is 3.67. The monoisotopic (exact) mass is 232 g/mol. The van der Waals surface area contributed by atoms with E-state index < -0.39 is 0 Å². The zero-order valence-corrected chi connectivity index (χ0v) is 10.9. The molecular formula is C15H24N2. The number of hydrogen-bond donors (Lipinski definition) is 1. The summed E-state index contributed by atoms with van der Waals surface area (Å²) in [6, 6.07) is 11.4. The largest absolute Gasteiger partial charge is 0.310 e. The van der Waals surface area contributed by atoms with E-state index in [0.29, 0.717) is 6.04 Å². The highest BCUT2D eigenvalue weighted by Crippen LogP contribution is 2.11. The molecule has 1 aliphatic heterocycles. The minimum absolute atomic E-state index is 0.711. The zero-order valence-electron chi connectivity index (χ0n) is 10.9. The van der Waals surface area contributed by atoms with Gasteiger partial charge >= 0.3 is 0 Å². The molecule has 0 spiro atoms. The van der Waals surface area contributed by atoms with Crippen LogP contribution in [0.2, 0.25) is 0 Å². The minimum Gasteiger partial charge on any atom is -0.310 e. The van der Waals surface area contributed by atoms with Crippen LogP contribution in [0.5, 0.6) is 0 Å². The molecule has 94 valence electrons. The molecule has 0 amide bonds. The molecule has 17 heavy (non-hydrogen) atoms.